The number of nitrogens with two attached hydrogens (primary N) is 1. The van der Waals surface area contributed by atoms with Crippen molar-refractivity contribution < 1.29 is 4.92 Å². The summed E-state index contributed by atoms with van der Waals surface area (Å²) in [7, 11) is 0. The van der Waals surface area contributed by atoms with E-state index in [1.54, 1.807) is 6.07 Å². The second kappa shape index (κ2) is 5.98. The molecule has 1 aliphatic heterocycles. The van der Waals surface area contributed by atoms with Crippen LogP contribution >= 0.6 is 15.9 Å². The van der Waals surface area contributed by atoms with Crippen molar-refractivity contribution in [2.75, 3.05) is 6.54 Å². The second-order valence-corrected chi connectivity index (χ2v) is 5.90. The van der Waals surface area contributed by atoms with Gasteiger partial charge in [0.05, 0.1) is 9.40 Å². The molecule has 0 radical (unpaired) electrons. The molecule has 2 atom stereocenters. The summed E-state index contributed by atoms with van der Waals surface area (Å²) in [6, 6.07) is 5.87. The summed E-state index contributed by atoms with van der Waals surface area (Å²) in [5.41, 5.74) is 7.03. The van der Waals surface area contributed by atoms with E-state index in [9.17, 15) is 10.1 Å². The van der Waals surface area contributed by atoms with Crippen molar-refractivity contribution in [2.24, 2.45) is 5.73 Å². The Labute approximate surface area is 121 Å². The van der Waals surface area contributed by atoms with Gasteiger partial charge in [-0.1, -0.05) is 12.1 Å². The molecule has 1 aromatic rings. The predicted molar refractivity (Wildman–Crippen MR) is 77.9 cm³/mol. The van der Waals surface area contributed by atoms with Crippen LogP contribution in [-0.2, 0) is 6.54 Å². The molecule has 2 rings (SSSR count). The number of halogens is 1. The smallest absolute Gasteiger partial charge is 0.283 e. The fraction of sp³-hybridized carbons (Fsp3) is 0.538. The van der Waals surface area contributed by atoms with Gasteiger partial charge in [-0.05, 0) is 41.3 Å². The van der Waals surface area contributed by atoms with E-state index >= 15 is 0 Å². The van der Waals surface area contributed by atoms with Gasteiger partial charge >= 0.3 is 0 Å². The molecule has 1 aliphatic rings. The van der Waals surface area contributed by atoms with E-state index in [1.807, 2.05) is 6.07 Å². The van der Waals surface area contributed by atoms with Gasteiger partial charge in [0.1, 0.15) is 0 Å². The third kappa shape index (κ3) is 3.32. The minimum absolute atomic E-state index is 0.124. The Balaban J connectivity index is 2.15. The normalized spacial score (nSPS) is 24.4. The molecule has 1 saturated heterocycles. The highest BCUT2D eigenvalue weighted by Gasteiger charge is 2.24. The van der Waals surface area contributed by atoms with Crippen LogP contribution in [0.5, 0.6) is 0 Å². The van der Waals surface area contributed by atoms with Gasteiger partial charge in [-0.2, -0.15) is 0 Å². The number of nitro groups is 1. The zero-order chi connectivity index (χ0) is 14.0. The number of likely N-dealkylation sites (tertiary alicyclic amines) is 1. The minimum atomic E-state index is -0.358. The summed E-state index contributed by atoms with van der Waals surface area (Å²) in [5, 5.41) is 10.9. The SMILES string of the molecule is CC1CC(N)CCN1Cc1cccc([N+](=O)[O-])c1Br. The van der Waals surface area contributed by atoms with E-state index in [-0.39, 0.29) is 16.7 Å². The lowest BCUT2D eigenvalue weighted by molar-refractivity contribution is -0.385. The third-order valence-electron chi connectivity index (χ3n) is 3.68. The summed E-state index contributed by atoms with van der Waals surface area (Å²) < 4.78 is 0.585. The summed E-state index contributed by atoms with van der Waals surface area (Å²) in [4.78, 5) is 12.9. The summed E-state index contributed by atoms with van der Waals surface area (Å²) in [6.45, 7) is 3.82. The molecule has 0 aromatic heterocycles. The molecule has 1 heterocycles. The summed E-state index contributed by atoms with van der Waals surface area (Å²) >= 11 is 3.35. The minimum Gasteiger partial charge on any atom is -0.328 e. The van der Waals surface area contributed by atoms with Crippen LogP contribution in [0.2, 0.25) is 0 Å². The molecule has 19 heavy (non-hydrogen) atoms. The van der Waals surface area contributed by atoms with Crippen LogP contribution in [-0.4, -0.2) is 28.5 Å². The highest BCUT2D eigenvalue weighted by atomic mass is 79.9. The molecule has 104 valence electrons. The highest BCUT2D eigenvalue weighted by molar-refractivity contribution is 9.10. The lowest BCUT2D eigenvalue weighted by Gasteiger charge is -2.36. The molecule has 1 aromatic carbocycles. The monoisotopic (exact) mass is 327 g/mol. The Bertz CT molecular complexity index is 481. The van der Waals surface area contributed by atoms with E-state index in [0.29, 0.717) is 10.5 Å². The van der Waals surface area contributed by atoms with Gasteiger partial charge in [0.15, 0.2) is 0 Å². The van der Waals surface area contributed by atoms with Crippen LogP contribution in [0, 0.1) is 10.1 Å². The first kappa shape index (κ1) is 14.4. The number of piperidine rings is 1. The van der Waals surface area contributed by atoms with Crippen LogP contribution in [0.3, 0.4) is 0 Å². The van der Waals surface area contributed by atoms with Gasteiger partial charge < -0.3 is 5.73 Å². The molecule has 0 saturated carbocycles. The van der Waals surface area contributed by atoms with E-state index in [2.05, 4.69) is 27.8 Å². The van der Waals surface area contributed by atoms with Crippen LogP contribution < -0.4 is 5.73 Å². The van der Waals surface area contributed by atoms with Gasteiger partial charge in [-0.15, -0.1) is 0 Å². The number of rotatable bonds is 3. The Kier molecular flexibility index (Phi) is 4.54. The maximum absolute atomic E-state index is 10.9. The van der Waals surface area contributed by atoms with Crippen LogP contribution in [0.4, 0.5) is 5.69 Å². The van der Waals surface area contributed by atoms with Crippen molar-refractivity contribution in [1.82, 2.24) is 4.90 Å². The molecule has 2 N–H and O–H groups in total. The van der Waals surface area contributed by atoms with Crippen LogP contribution in [0.1, 0.15) is 25.3 Å². The van der Waals surface area contributed by atoms with Crippen LogP contribution in [0.15, 0.2) is 22.7 Å². The lowest BCUT2D eigenvalue weighted by Crippen LogP contribution is -2.45. The number of hydrogen-bond donors (Lipinski definition) is 1. The molecule has 2 unspecified atom stereocenters. The largest absolute Gasteiger partial charge is 0.328 e. The fourth-order valence-corrected chi connectivity index (χ4v) is 3.07. The van der Waals surface area contributed by atoms with Gasteiger partial charge in [0.2, 0.25) is 0 Å². The van der Waals surface area contributed by atoms with Gasteiger partial charge in [-0.25, -0.2) is 0 Å². The molecule has 0 aliphatic carbocycles. The Morgan fingerprint density at radius 1 is 1.58 bits per heavy atom. The zero-order valence-electron chi connectivity index (χ0n) is 10.9. The van der Waals surface area contributed by atoms with E-state index in [0.717, 1.165) is 31.5 Å². The second-order valence-electron chi connectivity index (χ2n) is 5.11. The Hall–Kier alpha value is -0.980. The summed E-state index contributed by atoms with van der Waals surface area (Å²) in [5.74, 6) is 0. The van der Waals surface area contributed by atoms with E-state index in [1.165, 1.54) is 6.07 Å². The van der Waals surface area contributed by atoms with Gasteiger partial charge in [-0.3, -0.25) is 15.0 Å². The average Bonchev–Trinajstić information content (AvgIpc) is 2.34. The van der Waals surface area contributed by atoms with Crippen molar-refractivity contribution in [1.29, 1.82) is 0 Å². The number of benzene rings is 1. The standard InChI is InChI=1S/C13H18BrN3O2/c1-9-7-11(15)5-6-16(9)8-10-3-2-4-12(13(10)14)17(18)19/h2-4,9,11H,5-8,15H2,1H3. The van der Waals surface area contributed by atoms with Crippen molar-refractivity contribution in [3.63, 3.8) is 0 Å². The van der Waals surface area contributed by atoms with Gasteiger partial charge in [0.25, 0.3) is 5.69 Å². The number of nitro benzene ring substituents is 1. The molecule has 1 fully saturated rings. The summed E-state index contributed by atoms with van der Waals surface area (Å²) in [6.07, 6.45) is 1.96. The molecular formula is C13H18BrN3O2. The zero-order valence-corrected chi connectivity index (χ0v) is 12.5. The maximum Gasteiger partial charge on any atom is 0.283 e. The average molecular weight is 328 g/mol. The lowest BCUT2D eigenvalue weighted by atomic mass is 9.98. The van der Waals surface area contributed by atoms with Crippen molar-refractivity contribution >= 4 is 21.6 Å². The first-order valence-electron chi connectivity index (χ1n) is 6.40. The van der Waals surface area contributed by atoms with Crippen molar-refractivity contribution in [3.05, 3.63) is 38.3 Å². The highest BCUT2D eigenvalue weighted by Crippen LogP contribution is 2.30. The topological polar surface area (TPSA) is 72.4 Å². The molecule has 6 heteroatoms. The third-order valence-corrected chi connectivity index (χ3v) is 4.60. The van der Waals surface area contributed by atoms with Crippen LogP contribution in [0.25, 0.3) is 0 Å². The Morgan fingerprint density at radius 3 is 2.95 bits per heavy atom. The van der Waals surface area contributed by atoms with Crippen molar-refractivity contribution in [2.45, 2.75) is 38.4 Å². The predicted octanol–water partition coefficient (Wildman–Crippen LogP) is 2.67. The van der Waals surface area contributed by atoms with Crippen molar-refractivity contribution in [3.8, 4) is 0 Å². The quantitative estimate of drug-likeness (QED) is 0.684. The molecule has 0 bridgehead atoms. The number of hydrogen-bond acceptors (Lipinski definition) is 4. The molecule has 0 spiro atoms. The number of nitrogens with zero attached hydrogens (tertiary/aromatic N) is 2. The molecule has 0 amide bonds. The van der Waals surface area contributed by atoms with E-state index < -0.39 is 0 Å². The molecule has 5 nitrogen and oxygen atoms in total. The maximum atomic E-state index is 10.9. The fourth-order valence-electron chi connectivity index (χ4n) is 2.54. The molecular weight excluding hydrogens is 310 g/mol. The Morgan fingerprint density at radius 2 is 2.32 bits per heavy atom. The van der Waals surface area contributed by atoms with E-state index in [4.69, 9.17) is 5.73 Å². The first-order valence-corrected chi connectivity index (χ1v) is 7.19. The first-order chi connectivity index (χ1) is 8.99. The van der Waals surface area contributed by atoms with Gasteiger partial charge in [0, 0.05) is 31.2 Å².